The molecule has 0 bridgehead atoms. The Hall–Kier alpha value is -0.610. The number of nitrogens with two attached hydrogens (primary N) is 1. The van der Waals surface area contributed by atoms with Crippen molar-refractivity contribution in [3.8, 4) is 0 Å². The van der Waals surface area contributed by atoms with E-state index in [2.05, 4.69) is 37.9 Å². The monoisotopic (exact) mass is 255 g/mol. The van der Waals surface area contributed by atoms with Crippen LogP contribution in [-0.2, 0) is 4.79 Å². The summed E-state index contributed by atoms with van der Waals surface area (Å²) < 4.78 is 0. The van der Waals surface area contributed by atoms with Crippen molar-refractivity contribution in [1.29, 1.82) is 0 Å². The van der Waals surface area contributed by atoms with E-state index in [0.717, 1.165) is 25.9 Å². The van der Waals surface area contributed by atoms with Crippen LogP contribution in [0, 0.1) is 5.92 Å². The van der Waals surface area contributed by atoms with Crippen LogP contribution in [0.4, 0.5) is 0 Å². The molecule has 0 aliphatic carbocycles. The molecule has 0 aromatic rings. The maximum atomic E-state index is 12.2. The fourth-order valence-corrected chi connectivity index (χ4v) is 2.58. The highest BCUT2D eigenvalue weighted by molar-refractivity contribution is 5.85. The lowest BCUT2D eigenvalue weighted by Gasteiger charge is -2.27. The second-order valence-electron chi connectivity index (χ2n) is 6.27. The molecule has 18 heavy (non-hydrogen) atoms. The first kappa shape index (κ1) is 15.4. The van der Waals surface area contributed by atoms with Gasteiger partial charge in [-0.1, -0.05) is 20.3 Å². The van der Waals surface area contributed by atoms with Gasteiger partial charge in [-0.3, -0.25) is 9.69 Å². The van der Waals surface area contributed by atoms with Crippen LogP contribution in [0.25, 0.3) is 0 Å². The normalized spacial score (nSPS) is 28.4. The van der Waals surface area contributed by atoms with E-state index < -0.39 is 5.54 Å². The topological polar surface area (TPSA) is 58.4 Å². The zero-order chi connectivity index (χ0) is 13.9. The van der Waals surface area contributed by atoms with Gasteiger partial charge >= 0.3 is 0 Å². The van der Waals surface area contributed by atoms with Gasteiger partial charge < -0.3 is 11.1 Å². The highest BCUT2D eigenvalue weighted by Gasteiger charge is 2.35. The van der Waals surface area contributed by atoms with E-state index in [1.54, 1.807) is 0 Å². The van der Waals surface area contributed by atoms with E-state index >= 15 is 0 Å². The molecule has 0 radical (unpaired) electrons. The molecule has 0 aromatic carbocycles. The summed E-state index contributed by atoms with van der Waals surface area (Å²) in [6.45, 7) is 12.5. The highest BCUT2D eigenvalue weighted by Crippen LogP contribution is 2.19. The minimum absolute atomic E-state index is 0.00759. The Labute approximate surface area is 111 Å². The van der Waals surface area contributed by atoms with Gasteiger partial charge in [-0.15, -0.1) is 0 Å². The second-order valence-corrected chi connectivity index (χ2v) is 6.27. The van der Waals surface area contributed by atoms with E-state index in [0.29, 0.717) is 12.0 Å². The van der Waals surface area contributed by atoms with E-state index in [9.17, 15) is 4.79 Å². The van der Waals surface area contributed by atoms with E-state index in [1.165, 1.54) is 0 Å². The maximum absolute atomic E-state index is 12.2. The Morgan fingerprint density at radius 1 is 1.50 bits per heavy atom. The van der Waals surface area contributed by atoms with Crippen molar-refractivity contribution in [2.75, 3.05) is 13.1 Å². The molecule has 3 unspecified atom stereocenters. The third-order valence-corrected chi connectivity index (χ3v) is 3.98. The first-order chi connectivity index (χ1) is 8.27. The van der Waals surface area contributed by atoms with Crippen molar-refractivity contribution < 1.29 is 4.79 Å². The molecule has 3 atom stereocenters. The average Bonchev–Trinajstić information content (AvgIpc) is 2.60. The molecule has 1 heterocycles. The Balaban J connectivity index is 2.55. The number of likely N-dealkylation sites (tertiary alicyclic amines) is 1. The molecule has 4 heteroatoms. The van der Waals surface area contributed by atoms with Crippen LogP contribution >= 0.6 is 0 Å². The van der Waals surface area contributed by atoms with Gasteiger partial charge in [0.2, 0.25) is 5.91 Å². The molecule has 0 spiro atoms. The molecule has 1 aliphatic heterocycles. The minimum Gasteiger partial charge on any atom is -0.350 e. The lowest BCUT2D eigenvalue weighted by atomic mass is 9.95. The third-order valence-electron chi connectivity index (χ3n) is 3.98. The smallest absolute Gasteiger partial charge is 0.240 e. The number of amides is 1. The molecule has 4 nitrogen and oxygen atoms in total. The fraction of sp³-hybridized carbons (Fsp3) is 0.929. The Kier molecular flexibility index (Phi) is 5.17. The molecule has 0 saturated carbocycles. The Morgan fingerprint density at radius 2 is 2.11 bits per heavy atom. The number of carbonyl (C=O) groups excluding carboxylic acids is 1. The van der Waals surface area contributed by atoms with Gasteiger partial charge in [0, 0.05) is 25.2 Å². The van der Waals surface area contributed by atoms with Crippen molar-refractivity contribution >= 4 is 5.91 Å². The summed E-state index contributed by atoms with van der Waals surface area (Å²) in [5.41, 5.74) is 5.33. The number of carbonyl (C=O) groups is 1. The molecule has 1 amide bonds. The van der Waals surface area contributed by atoms with Gasteiger partial charge in [0.15, 0.2) is 0 Å². The fourth-order valence-electron chi connectivity index (χ4n) is 2.58. The third kappa shape index (κ3) is 3.69. The number of hydrogen-bond donors (Lipinski definition) is 2. The molecular weight excluding hydrogens is 226 g/mol. The van der Waals surface area contributed by atoms with Crippen molar-refractivity contribution in [2.45, 2.75) is 65.1 Å². The Morgan fingerprint density at radius 3 is 2.56 bits per heavy atom. The zero-order valence-electron chi connectivity index (χ0n) is 12.5. The molecule has 0 aromatic heterocycles. The maximum Gasteiger partial charge on any atom is 0.240 e. The first-order valence-electron chi connectivity index (χ1n) is 7.11. The van der Waals surface area contributed by atoms with Crippen LogP contribution in [-0.4, -0.2) is 41.5 Å². The van der Waals surface area contributed by atoms with Gasteiger partial charge in [-0.05, 0) is 33.1 Å². The van der Waals surface area contributed by atoms with E-state index in [-0.39, 0.29) is 11.9 Å². The number of hydrogen-bond acceptors (Lipinski definition) is 3. The van der Waals surface area contributed by atoms with Crippen LogP contribution in [0.3, 0.4) is 0 Å². The standard InChI is InChI=1S/C14H29N3O/c1-6-7-14(5,15)13(18)16-12-9-17(10(2)3)8-11(12)4/h10-12H,6-9,15H2,1-5H3,(H,16,18). The van der Waals surface area contributed by atoms with Crippen LogP contribution < -0.4 is 11.1 Å². The summed E-state index contributed by atoms with van der Waals surface area (Å²) in [7, 11) is 0. The molecule has 1 fully saturated rings. The lowest BCUT2D eigenvalue weighted by molar-refractivity contribution is -0.126. The summed E-state index contributed by atoms with van der Waals surface area (Å²) in [6, 6.07) is 0.772. The van der Waals surface area contributed by atoms with E-state index in [4.69, 9.17) is 5.73 Å². The first-order valence-corrected chi connectivity index (χ1v) is 7.11. The molecule has 3 N–H and O–H groups in total. The second kappa shape index (κ2) is 6.02. The SMILES string of the molecule is CCCC(C)(N)C(=O)NC1CN(C(C)C)CC1C. The number of nitrogens with one attached hydrogen (secondary N) is 1. The van der Waals surface area contributed by atoms with Crippen LogP contribution in [0.1, 0.15) is 47.5 Å². The van der Waals surface area contributed by atoms with Gasteiger partial charge in [0.25, 0.3) is 0 Å². The molecule has 1 rings (SSSR count). The van der Waals surface area contributed by atoms with Crippen molar-refractivity contribution in [1.82, 2.24) is 10.2 Å². The largest absolute Gasteiger partial charge is 0.350 e. The lowest BCUT2D eigenvalue weighted by Crippen LogP contribution is -2.55. The summed E-state index contributed by atoms with van der Waals surface area (Å²) >= 11 is 0. The summed E-state index contributed by atoms with van der Waals surface area (Å²) in [4.78, 5) is 14.6. The van der Waals surface area contributed by atoms with Crippen LogP contribution in [0.15, 0.2) is 0 Å². The predicted octanol–water partition coefficient (Wildman–Crippen LogP) is 1.35. The minimum atomic E-state index is -0.736. The molecule has 1 aliphatic rings. The van der Waals surface area contributed by atoms with E-state index in [1.807, 2.05) is 6.92 Å². The average molecular weight is 255 g/mol. The van der Waals surface area contributed by atoms with Gasteiger partial charge in [-0.2, -0.15) is 0 Å². The van der Waals surface area contributed by atoms with Crippen molar-refractivity contribution in [3.63, 3.8) is 0 Å². The van der Waals surface area contributed by atoms with Crippen LogP contribution in [0.5, 0.6) is 0 Å². The quantitative estimate of drug-likeness (QED) is 0.779. The molecule has 1 saturated heterocycles. The number of rotatable bonds is 5. The van der Waals surface area contributed by atoms with Gasteiger partial charge in [0.05, 0.1) is 5.54 Å². The Bertz CT molecular complexity index is 289. The zero-order valence-corrected chi connectivity index (χ0v) is 12.5. The highest BCUT2D eigenvalue weighted by atomic mass is 16.2. The van der Waals surface area contributed by atoms with Gasteiger partial charge in [0.1, 0.15) is 0 Å². The van der Waals surface area contributed by atoms with Crippen LogP contribution in [0.2, 0.25) is 0 Å². The number of nitrogens with zero attached hydrogens (tertiary/aromatic N) is 1. The molecule has 106 valence electrons. The molecular formula is C14H29N3O. The summed E-state index contributed by atoms with van der Waals surface area (Å²) in [5, 5.41) is 3.13. The predicted molar refractivity (Wildman–Crippen MR) is 75.3 cm³/mol. The van der Waals surface area contributed by atoms with Crippen molar-refractivity contribution in [2.24, 2.45) is 11.7 Å². The summed E-state index contributed by atoms with van der Waals surface area (Å²) in [6.07, 6.45) is 1.66. The summed E-state index contributed by atoms with van der Waals surface area (Å²) in [5.74, 6) is 0.487. The van der Waals surface area contributed by atoms with Crippen molar-refractivity contribution in [3.05, 3.63) is 0 Å². The van der Waals surface area contributed by atoms with Gasteiger partial charge in [-0.25, -0.2) is 0 Å².